The second kappa shape index (κ2) is 3.71. The number of hydrogen-bond acceptors (Lipinski definition) is 4. The summed E-state index contributed by atoms with van der Waals surface area (Å²) in [6.07, 6.45) is -3.41. The van der Waals surface area contributed by atoms with Gasteiger partial charge in [0, 0.05) is 6.20 Å². The van der Waals surface area contributed by atoms with Crippen molar-refractivity contribution in [2.24, 2.45) is 5.73 Å². The minimum Gasteiger partial charge on any atom is -0.320 e. The summed E-state index contributed by atoms with van der Waals surface area (Å²) in [5, 5.41) is 9.75. The van der Waals surface area contributed by atoms with Crippen LogP contribution in [0.3, 0.4) is 0 Å². The molecule has 1 atom stereocenters. The SMILES string of the molecule is NC(Cc1cnc2n[nH]nc2c1)C(F)(F)F. The lowest BCUT2D eigenvalue weighted by molar-refractivity contribution is -0.147. The third kappa shape index (κ3) is 2.11. The van der Waals surface area contributed by atoms with Crippen molar-refractivity contribution in [3.63, 3.8) is 0 Å². The van der Waals surface area contributed by atoms with E-state index in [1.54, 1.807) is 0 Å². The van der Waals surface area contributed by atoms with Crippen LogP contribution in [0.1, 0.15) is 5.56 Å². The Bertz CT molecular complexity index is 492. The van der Waals surface area contributed by atoms with Crippen molar-refractivity contribution in [3.05, 3.63) is 17.8 Å². The van der Waals surface area contributed by atoms with Crippen molar-refractivity contribution >= 4 is 11.2 Å². The van der Waals surface area contributed by atoms with Crippen molar-refractivity contribution in [2.75, 3.05) is 0 Å². The Labute approximate surface area is 87.8 Å². The summed E-state index contributed by atoms with van der Waals surface area (Å²) < 4.78 is 36.6. The smallest absolute Gasteiger partial charge is 0.320 e. The normalized spacial score (nSPS) is 14.2. The predicted octanol–water partition coefficient (Wildman–Crippen LogP) is 0.785. The van der Waals surface area contributed by atoms with Crippen LogP contribution >= 0.6 is 0 Å². The van der Waals surface area contributed by atoms with Crippen LogP contribution in [0.4, 0.5) is 13.2 Å². The number of nitrogens with one attached hydrogen (secondary N) is 1. The Morgan fingerprint density at radius 1 is 1.38 bits per heavy atom. The molecule has 0 spiro atoms. The van der Waals surface area contributed by atoms with E-state index in [0.717, 1.165) is 0 Å². The topological polar surface area (TPSA) is 80.5 Å². The van der Waals surface area contributed by atoms with Gasteiger partial charge in [-0.3, -0.25) is 0 Å². The fraction of sp³-hybridized carbons (Fsp3) is 0.375. The summed E-state index contributed by atoms with van der Waals surface area (Å²) in [5.74, 6) is 0. The number of halogens is 3. The van der Waals surface area contributed by atoms with Crippen molar-refractivity contribution in [1.82, 2.24) is 20.4 Å². The van der Waals surface area contributed by atoms with Gasteiger partial charge in [-0.25, -0.2) is 4.98 Å². The molecule has 0 saturated heterocycles. The molecule has 16 heavy (non-hydrogen) atoms. The van der Waals surface area contributed by atoms with E-state index in [0.29, 0.717) is 16.7 Å². The molecular weight excluding hydrogens is 223 g/mol. The Kier molecular flexibility index (Phi) is 2.50. The standard InChI is InChI=1S/C8H8F3N5/c9-8(10,11)6(12)2-4-1-5-7(13-3-4)15-16-14-5/h1,3,6H,2,12H2,(H,13,14,15,16). The van der Waals surface area contributed by atoms with Gasteiger partial charge < -0.3 is 5.73 Å². The highest BCUT2D eigenvalue weighted by molar-refractivity contribution is 5.68. The number of rotatable bonds is 2. The van der Waals surface area contributed by atoms with Gasteiger partial charge in [-0.1, -0.05) is 0 Å². The number of aromatic nitrogens is 4. The van der Waals surface area contributed by atoms with E-state index in [-0.39, 0.29) is 6.42 Å². The van der Waals surface area contributed by atoms with Crippen LogP contribution < -0.4 is 5.73 Å². The first-order chi connectivity index (χ1) is 7.47. The molecule has 2 heterocycles. The maximum Gasteiger partial charge on any atom is 0.403 e. The third-order valence-corrected chi connectivity index (χ3v) is 2.11. The lowest BCUT2D eigenvalue weighted by atomic mass is 10.1. The second-order valence-corrected chi connectivity index (χ2v) is 3.36. The van der Waals surface area contributed by atoms with Crippen LogP contribution in [0.15, 0.2) is 12.3 Å². The van der Waals surface area contributed by atoms with Gasteiger partial charge in [-0.15, -0.1) is 5.10 Å². The van der Waals surface area contributed by atoms with Gasteiger partial charge in [0.2, 0.25) is 5.65 Å². The van der Waals surface area contributed by atoms with Gasteiger partial charge in [-0.05, 0) is 18.1 Å². The molecule has 0 aliphatic carbocycles. The summed E-state index contributed by atoms with van der Waals surface area (Å²) in [6.45, 7) is 0. The van der Waals surface area contributed by atoms with Crippen molar-refractivity contribution in [2.45, 2.75) is 18.6 Å². The largest absolute Gasteiger partial charge is 0.403 e. The van der Waals surface area contributed by atoms with Crippen molar-refractivity contribution < 1.29 is 13.2 Å². The number of pyridine rings is 1. The molecule has 5 nitrogen and oxygen atoms in total. The quantitative estimate of drug-likeness (QED) is 0.800. The highest BCUT2D eigenvalue weighted by atomic mass is 19.4. The van der Waals surface area contributed by atoms with Crippen LogP contribution in [-0.4, -0.2) is 32.6 Å². The van der Waals surface area contributed by atoms with E-state index >= 15 is 0 Å². The molecule has 0 aliphatic heterocycles. The number of alkyl halides is 3. The first-order valence-electron chi connectivity index (χ1n) is 4.44. The Morgan fingerprint density at radius 3 is 2.81 bits per heavy atom. The van der Waals surface area contributed by atoms with E-state index in [1.807, 2.05) is 0 Å². The number of nitrogens with zero attached hydrogens (tertiary/aromatic N) is 3. The average molecular weight is 231 g/mol. The van der Waals surface area contributed by atoms with E-state index in [1.165, 1.54) is 12.3 Å². The van der Waals surface area contributed by atoms with E-state index in [9.17, 15) is 13.2 Å². The molecule has 2 aromatic heterocycles. The average Bonchev–Trinajstić information content (AvgIpc) is 2.63. The van der Waals surface area contributed by atoms with Gasteiger partial charge in [0.25, 0.3) is 0 Å². The molecule has 0 aliphatic rings. The zero-order chi connectivity index (χ0) is 11.8. The number of H-pyrrole nitrogens is 1. The summed E-state index contributed by atoms with van der Waals surface area (Å²) in [6, 6.07) is -0.407. The molecule has 0 amide bonds. The Balaban J connectivity index is 2.21. The monoisotopic (exact) mass is 231 g/mol. The minimum atomic E-state index is -4.40. The van der Waals surface area contributed by atoms with Crippen molar-refractivity contribution in [1.29, 1.82) is 0 Å². The summed E-state index contributed by atoms with van der Waals surface area (Å²) >= 11 is 0. The number of hydrogen-bond donors (Lipinski definition) is 2. The molecular formula is C8H8F3N5. The van der Waals surface area contributed by atoms with E-state index in [4.69, 9.17) is 5.73 Å². The van der Waals surface area contributed by atoms with Crippen LogP contribution in [0.2, 0.25) is 0 Å². The first-order valence-corrected chi connectivity index (χ1v) is 4.44. The maximum absolute atomic E-state index is 12.2. The second-order valence-electron chi connectivity index (χ2n) is 3.36. The summed E-state index contributed by atoms with van der Waals surface area (Å²) in [5.41, 5.74) is 6.17. The van der Waals surface area contributed by atoms with Crippen molar-refractivity contribution in [3.8, 4) is 0 Å². The van der Waals surface area contributed by atoms with Crippen LogP contribution in [0, 0.1) is 0 Å². The lowest BCUT2D eigenvalue weighted by Gasteiger charge is -2.14. The maximum atomic E-state index is 12.2. The molecule has 0 aromatic carbocycles. The molecule has 0 fully saturated rings. The fourth-order valence-electron chi connectivity index (χ4n) is 1.26. The number of aromatic amines is 1. The molecule has 8 heteroatoms. The minimum absolute atomic E-state index is 0.320. The Hall–Kier alpha value is -1.70. The molecule has 86 valence electrons. The molecule has 0 bridgehead atoms. The number of nitrogens with two attached hydrogens (primary N) is 1. The third-order valence-electron chi connectivity index (χ3n) is 2.11. The summed E-state index contributed by atoms with van der Waals surface area (Å²) in [7, 11) is 0. The molecule has 1 unspecified atom stereocenters. The van der Waals surface area contributed by atoms with Gasteiger partial charge >= 0.3 is 6.18 Å². The van der Waals surface area contributed by atoms with E-state index in [2.05, 4.69) is 20.4 Å². The number of fused-ring (bicyclic) bond motifs is 1. The molecule has 0 radical (unpaired) electrons. The molecule has 2 rings (SSSR count). The molecule has 3 N–H and O–H groups in total. The van der Waals surface area contributed by atoms with Gasteiger partial charge in [0.15, 0.2) is 0 Å². The molecule has 2 aromatic rings. The zero-order valence-corrected chi connectivity index (χ0v) is 7.99. The van der Waals surface area contributed by atoms with Gasteiger partial charge in [0.1, 0.15) is 11.6 Å². The van der Waals surface area contributed by atoms with Crippen LogP contribution in [0.25, 0.3) is 11.2 Å². The van der Waals surface area contributed by atoms with Gasteiger partial charge in [0.05, 0.1) is 0 Å². The first kappa shape index (κ1) is 10.8. The van der Waals surface area contributed by atoms with Crippen LogP contribution in [0.5, 0.6) is 0 Å². The van der Waals surface area contributed by atoms with Gasteiger partial charge in [-0.2, -0.15) is 23.5 Å². The highest BCUT2D eigenvalue weighted by Gasteiger charge is 2.36. The van der Waals surface area contributed by atoms with Crippen LogP contribution in [-0.2, 0) is 6.42 Å². The lowest BCUT2D eigenvalue weighted by Crippen LogP contribution is -2.39. The predicted molar refractivity (Wildman–Crippen MR) is 49.4 cm³/mol. The zero-order valence-electron chi connectivity index (χ0n) is 7.99. The fourth-order valence-corrected chi connectivity index (χ4v) is 1.26. The summed E-state index contributed by atoms with van der Waals surface area (Å²) in [4.78, 5) is 3.85. The Morgan fingerprint density at radius 2 is 2.12 bits per heavy atom. The van der Waals surface area contributed by atoms with E-state index < -0.39 is 12.2 Å². The molecule has 0 saturated carbocycles. The highest BCUT2D eigenvalue weighted by Crippen LogP contribution is 2.21.